The van der Waals surface area contributed by atoms with Crippen LogP contribution in [0, 0.1) is 11.8 Å². The molecule has 0 fully saturated rings. The third-order valence-corrected chi connectivity index (χ3v) is 8.28. The number of aliphatic carboxylic acids is 3. The molecule has 0 aliphatic rings. The molecule has 2 atom stereocenters. The van der Waals surface area contributed by atoms with E-state index in [9.17, 15) is 29.1 Å². The molecule has 0 saturated heterocycles. The van der Waals surface area contributed by atoms with Crippen molar-refractivity contribution in [1.29, 1.82) is 0 Å². The topological polar surface area (TPSA) is 158 Å². The molecule has 0 heterocycles. The Morgan fingerprint density at radius 3 is 1.37 bits per heavy atom. The van der Waals surface area contributed by atoms with E-state index >= 15 is 0 Å². The predicted octanol–water partition coefficient (Wildman–Crippen LogP) is 7.93. The van der Waals surface area contributed by atoms with Crippen LogP contribution in [0.15, 0.2) is 0 Å². The van der Waals surface area contributed by atoms with Crippen molar-refractivity contribution in [3.8, 4) is 0 Å². The molecule has 0 rings (SSSR count). The van der Waals surface area contributed by atoms with Gasteiger partial charge in [-0.3, -0.25) is 24.0 Å². The van der Waals surface area contributed by atoms with Gasteiger partial charge < -0.3 is 20.6 Å². The van der Waals surface area contributed by atoms with E-state index in [4.69, 9.17) is 10.2 Å². The zero-order valence-electron chi connectivity index (χ0n) is 26.9. The van der Waals surface area contributed by atoms with E-state index < -0.39 is 23.8 Å². The summed E-state index contributed by atoms with van der Waals surface area (Å²) in [4.78, 5) is 57.5. The van der Waals surface area contributed by atoms with Crippen LogP contribution in [0.1, 0.15) is 167 Å². The van der Waals surface area contributed by atoms with Crippen molar-refractivity contribution in [2.24, 2.45) is 11.8 Å². The van der Waals surface area contributed by atoms with Gasteiger partial charge in [0.1, 0.15) is 5.78 Å². The average molecular weight is 612 g/mol. The Bertz CT molecular complexity index is 769. The van der Waals surface area contributed by atoms with Crippen molar-refractivity contribution in [3.63, 3.8) is 0 Å². The fourth-order valence-electron chi connectivity index (χ4n) is 5.40. The van der Waals surface area contributed by atoms with Crippen LogP contribution in [0.3, 0.4) is 0 Å². The molecule has 0 bridgehead atoms. The van der Waals surface area contributed by atoms with E-state index in [1.165, 1.54) is 64.2 Å². The number of amides is 1. The van der Waals surface area contributed by atoms with Crippen LogP contribution in [0.2, 0.25) is 0 Å². The van der Waals surface area contributed by atoms with Crippen molar-refractivity contribution < 1.29 is 39.3 Å². The van der Waals surface area contributed by atoms with Crippen LogP contribution in [-0.2, 0) is 24.0 Å². The maximum atomic E-state index is 12.3. The summed E-state index contributed by atoms with van der Waals surface area (Å²) in [5.74, 6) is -3.99. The molecule has 0 aromatic carbocycles. The lowest BCUT2D eigenvalue weighted by atomic mass is 9.94. The number of ketones is 1. The Morgan fingerprint density at radius 1 is 0.512 bits per heavy atom. The molecule has 0 saturated carbocycles. The molecular weight excluding hydrogens is 550 g/mol. The van der Waals surface area contributed by atoms with Gasteiger partial charge in [-0.2, -0.15) is 0 Å². The molecule has 9 heteroatoms. The highest BCUT2D eigenvalue weighted by molar-refractivity contribution is 5.84. The Hall–Kier alpha value is -2.45. The van der Waals surface area contributed by atoms with Crippen molar-refractivity contribution in [2.45, 2.75) is 167 Å². The van der Waals surface area contributed by atoms with Gasteiger partial charge in [0.15, 0.2) is 0 Å². The number of Topliss-reactive ketones (excluding diaryl/α,β-unsaturated/α-hetero) is 1. The molecule has 0 aliphatic carbocycles. The van der Waals surface area contributed by atoms with E-state index in [0.29, 0.717) is 45.1 Å². The first kappa shape index (κ1) is 40.5. The van der Waals surface area contributed by atoms with E-state index in [1.54, 1.807) is 0 Å². The van der Waals surface area contributed by atoms with Gasteiger partial charge in [0.05, 0.1) is 11.8 Å². The van der Waals surface area contributed by atoms with Crippen LogP contribution in [0.25, 0.3) is 0 Å². The second-order valence-corrected chi connectivity index (χ2v) is 12.2. The summed E-state index contributed by atoms with van der Waals surface area (Å²) in [6, 6.07) is 0. The molecule has 0 unspecified atom stereocenters. The minimum atomic E-state index is -1.04. The molecule has 0 radical (unpaired) electrons. The number of carbonyl (C=O) groups excluding carboxylic acids is 2. The highest BCUT2D eigenvalue weighted by Gasteiger charge is 2.22. The number of rotatable bonds is 32. The minimum absolute atomic E-state index is 0.0248. The second kappa shape index (κ2) is 28.3. The Balaban J connectivity index is 3.68. The smallest absolute Gasteiger partial charge is 0.306 e. The molecule has 250 valence electrons. The highest BCUT2D eigenvalue weighted by Crippen LogP contribution is 2.17. The Morgan fingerprint density at radius 2 is 0.953 bits per heavy atom. The first-order valence-corrected chi connectivity index (χ1v) is 17.1. The molecule has 0 spiro atoms. The summed E-state index contributed by atoms with van der Waals surface area (Å²) in [5.41, 5.74) is 0. The lowest BCUT2D eigenvalue weighted by Crippen LogP contribution is -2.26. The van der Waals surface area contributed by atoms with Crippen LogP contribution in [0.5, 0.6) is 0 Å². The molecule has 0 aliphatic heterocycles. The molecule has 1 amide bonds. The number of carboxylic acid groups (broad SMARTS) is 3. The summed E-state index contributed by atoms with van der Waals surface area (Å²) in [7, 11) is 0. The van der Waals surface area contributed by atoms with Gasteiger partial charge in [-0.25, -0.2) is 0 Å². The molecule has 9 nitrogen and oxygen atoms in total. The fraction of sp³-hybridized carbons (Fsp3) is 0.853. The Kier molecular flexibility index (Phi) is 26.7. The van der Waals surface area contributed by atoms with Gasteiger partial charge in [0.2, 0.25) is 5.91 Å². The van der Waals surface area contributed by atoms with E-state index in [1.807, 2.05) is 6.92 Å². The summed E-state index contributed by atoms with van der Waals surface area (Å²) in [6.45, 7) is 2.28. The van der Waals surface area contributed by atoms with E-state index in [2.05, 4.69) is 5.32 Å². The SMILES string of the molecule is CC[C@@H](CCCCNC(=O)CC[C@H](CC(=O)CCCCCCCCCCCCCCCCCCC(=O)O)C(=O)O)C(=O)O. The van der Waals surface area contributed by atoms with Crippen molar-refractivity contribution in [1.82, 2.24) is 5.32 Å². The number of unbranched alkanes of at least 4 members (excludes halogenated alkanes) is 16. The number of hydrogen-bond acceptors (Lipinski definition) is 5. The first-order valence-electron chi connectivity index (χ1n) is 17.1. The quantitative estimate of drug-likeness (QED) is 0.0558. The number of carbonyl (C=O) groups is 5. The third kappa shape index (κ3) is 26.9. The second-order valence-electron chi connectivity index (χ2n) is 12.2. The summed E-state index contributed by atoms with van der Waals surface area (Å²) in [6.07, 6.45) is 21.8. The van der Waals surface area contributed by atoms with Gasteiger partial charge in [-0.1, -0.05) is 103 Å². The summed E-state index contributed by atoms with van der Waals surface area (Å²) < 4.78 is 0. The predicted molar refractivity (Wildman–Crippen MR) is 169 cm³/mol. The standard InChI is InChI=1S/C34H61NO8/c1-2-28(33(40)41)21-19-20-26-35-31(37)25-24-29(34(42)43)27-30(36)22-17-15-13-11-9-7-5-3-4-6-8-10-12-14-16-18-23-32(38)39/h28-29H,2-27H2,1H3,(H,35,37)(H,38,39)(H,40,41)(H,42,43)/t28-,29+/m0/s1. The zero-order chi connectivity index (χ0) is 32.1. The highest BCUT2D eigenvalue weighted by atomic mass is 16.4. The monoisotopic (exact) mass is 611 g/mol. The lowest BCUT2D eigenvalue weighted by molar-refractivity contribution is -0.144. The third-order valence-electron chi connectivity index (χ3n) is 8.28. The largest absolute Gasteiger partial charge is 0.481 e. The molecule has 0 aromatic rings. The minimum Gasteiger partial charge on any atom is -0.481 e. The first-order chi connectivity index (χ1) is 20.7. The maximum Gasteiger partial charge on any atom is 0.306 e. The normalized spacial score (nSPS) is 12.5. The molecule has 0 aromatic heterocycles. The van der Waals surface area contributed by atoms with Gasteiger partial charge in [0, 0.05) is 32.2 Å². The zero-order valence-corrected chi connectivity index (χ0v) is 26.9. The van der Waals surface area contributed by atoms with Crippen LogP contribution in [0.4, 0.5) is 0 Å². The van der Waals surface area contributed by atoms with E-state index in [-0.39, 0.29) is 36.9 Å². The van der Waals surface area contributed by atoms with Gasteiger partial charge in [-0.15, -0.1) is 0 Å². The van der Waals surface area contributed by atoms with Crippen LogP contribution >= 0.6 is 0 Å². The fourth-order valence-corrected chi connectivity index (χ4v) is 5.40. The van der Waals surface area contributed by atoms with Gasteiger partial charge in [-0.05, 0) is 38.5 Å². The number of hydrogen-bond donors (Lipinski definition) is 4. The van der Waals surface area contributed by atoms with Crippen molar-refractivity contribution in [2.75, 3.05) is 6.54 Å². The summed E-state index contributed by atoms with van der Waals surface area (Å²) >= 11 is 0. The molecule has 43 heavy (non-hydrogen) atoms. The lowest BCUT2D eigenvalue weighted by Gasteiger charge is -2.12. The molecule has 4 N–H and O–H groups in total. The van der Waals surface area contributed by atoms with Crippen LogP contribution in [-0.4, -0.2) is 51.5 Å². The average Bonchev–Trinajstić information content (AvgIpc) is 2.95. The number of nitrogens with one attached hydrogen (secondary N) is 1. The van der Waals surface area contributed by atoms with Gasteiger partial charge in [0.25, 0.3) is 0 Å². The maximum absolute atomic E-state index is 12.3. The van der Waals surface area contributed by atoms with Crippen molar-refractivity contribution >= 4 is 29.6 Å². The molecular formula is C34H61NO8. The van der Waals surface area contributed by atoms with E-state index in [0.717, 1.165) is 38.5 Å². The van der Waals surface area contributed by atoms with Gasteiger partial charge >= 0.3 is 17.9 Å². The van der Waals surface area contributed by atoms with Crippen LogP contribution < -0.4 is 5.32 Å². The summed E-state index contributed by atoms with van der Waals surface area (Å²) in [5, 5.41) is 29.9. The number of carboxylic acids is 3. The Labute approximate surface area is 260 Å². The van der Waals surface area contributed by atoms with Crippen molar-refractivity contribution in [3.05, 3.63) is 0 Å².